The zero-order valence-electron chi connectivity index (χ0n) is 13.5. The summed E-state index contributed by atoms with van der Waals surface area (Å²) in [5.74, 6) is 0. The molecular weight excluding hydrogens is 306 g/mol. The van der Waals surface area contributed by atoms with Gasteiger partial charge in [0, 0.05) is 32.1 Å². The highest BCUT2D eigenvalue weighted by molar-refractivity contribution is 6.05. The number of rotatable bonds is 2. The molecule has 0 amide bonds. The van der Waals surface area contributed by atoms with Gasteiger partial charge in [0.15, 0.2) is 5.58 Å². The highest BCUT2D eigenvalue weighted by Gasteiger charge is 2.19. The number of aryl methyl sites for hydroxylation is 1. The van der Waals surface area contributed by atoms with Crippen LogP contribution in [-0.2, 0) is 7.05 Å². The normalized spacial score (nSPS) is 11.2. The molecule has 0 unspecified atom stereocenters. The van der Waals surface area contributed by atoms with Crippen molar-refractivity contribution in [1.82, 2.24) is 9.47 Å². The van der Waals surface area contributed by atoms with Gasteiger partial charge in [0.2, 0.25) is 0 Å². The molecule has 6 heteroatoms. The highest BCUT2D eigenvalue weighted by atomic mass is 16.4. The van der Waals surface area contributed by atoms with Crippen LogP contribution in [0.15, 0.2) is 44.5 Å². The average molecular weight is 321 g/mol. The Bertz CT molecular complexity index is 1140. The van der Waals surface area contributed by atoms with Crippen molar-refractivity contribution in [3.63, 3.8) is 0 Å². The van der Waals surface area contributed by atoms with Crippen LogP contribution < -0.4 is 11.2 Å². The number of nitriles is 1. The molecule has 1 aromatic carbocycles. The first-order valence-corrected chi connectivity index (χ1v) is 7.29. The minimum atomic E-state index is -0.748. The number of hydrogen-bond acceptors (Lipinski definition) is 5. The van der Waals surface area contributed by atoms with Crippen molar-refractivity contribution in [2.24, 2.45) is 7.05 Å². The minimum absolute atomic E-state index is 0.173. The van der Waals surface area contributed by atoms with E-state index >= 15 is 0 Å². The number of benzene rings is 1. The van der Waals surface area contributed by atoms with Crippen LogP contribution in [0.2, 0.25) is 0 Å². The summed E-state index contributed by atoms with van der Waals surface area (Å²) in [4.78, 5) is 26.8. The molecule has 3 rings (SSSR count). The second-order valence-electron chi connectivity index (χ2n) is 5.65. The quantitative estimate of drug-likeness (QED) is 0.675. The maximum atomic E-state index is 12.8. The monoisotopic (exact) mass is 321 g/mol. The molecule has 2 aromatic heterocycles. The van der Waals surface area contributed by atoms with Gasteiger partial charge < -0.3 is 13.9 Å². The zero-order valence-corrected chi connectivity index (χ0v) is 13.5. The molecular formula is C18H15N3O3. The molecule has 0 N–H and O–H groups in total. The Labute approximate surface area is 137 Å². The molecule has 0 fully saturated rings. The SMILES string of the molecule is CN(C)/C=C/c1c(C#N)c(=O)oc2c1c(=O)n(C)c1ccccc21. The number of para-hydroxylation sites is 1. The van der Waals surface area contributed by atoms with E-state index in [2.05, 4.69) is 0 Å². The van der Waals surface area contributed by atoms with Crippen LogP contribution in [0, 0.1) is 11.3 Å². The van der Waals surface area contributed by atoms with Gasteiger partial charge in [-0.25, -0.2) is 4.79 Å². The van der Waals surface area contributed by atoms with Crippen LogP contribution >= 0.6 is 0 Å². The van der Waals surface area contributed by atoms with E-state index < -0.39 is 5.63 Å². The first kappa shape index (κ1) is 15.6. The lowest BCUT2D eigenvalue weighted by Gasteiger charge is -2.11. The van der Waals surface area contributed by atoms with Crippen LogP contribution in [0.4, 0.5) is 0 Å². The van der Waals surface area contributed by atoms with Gasteiger partial charge in [-0.2, -0.15) is 5.26 Å². The average Bonchev–Trinajstić information content (AvgIpc) is 2.57. The van der Waals surface area contributed by atoms with Crippen molar-refractivity contribution in [1.29, 1.82) is 5.26 Å². The summed E-state index contributed by atoms with van der Waals surface area (Å²) in [7, 11) is 5.27. The molecule has 2 heterocycles. The lowest BCUT2D eigenvalue weighted by molar-refractivity contribution is 0.559. The molecule has 0 aliphatic carbocycles. The molecule has 0 aliphatic rings. The Balaban J connectivity index is 2.64. The van der Waals surface area contributed by atoms with E-state index in [1.807, 2.05) is 26.2 Å². The Morgan fingerprint density at radius 1 is 1.25 bits per heavy atom. The number of nitrogens with zero attached hydrogens (tertiary/aromatic N) is 3. The van der Waals surface area contributed by atoms with E-state index in [9.17, 15) is 14.9 Å². The van der Waals surface area contributed by atoms with E-state index in [4.69, 9.17) is 4.42 Å². The molecule has 24 heavy (non-hydrogen) atoms. The maximum Gasteiger partial charge on any atom is 0.354 e. The third-order valence-electron chi connectivity index (χ3n) is 3.84. The molecule has 0 aliphatic heterocycles. The summed E-state index contributed by atoms with van der Waals surface area (Å²) in [5.41, 5.74) is -0.0949. The molecule has 6 nitrogen and oxygen atoms in total. The van der Waals surface area contributed by atoms with Crippen LogP contribution in [0.25, 0.3) is 27.9 Å². The molecule has 0 atom stereocenters. The highest BCUT2D eigenvalue weighted by Crippen LogP contribution is 2.25. The van der Waals surface area contributed by atoms with Gasteiger partial charge in [0.05, 0.1) is 10.9 Å². The van der Waals surface area contributed by atoms with Crippen molar-refractivity contribution in [3.05, 3.63) is 62.4 Å². The van der Waals surface area contributed by atoms with Crippen molar-refractivity contribution in [3.8, 4) is 6.07 Å². The van der Waals surface area contributed by atoms with Gasteiger partial charge in [-0.3, -0.25) is 4.79 Å². The number of fused-ring (bicyclic) bond motifs is 3. The fraction of sp³-hybridized carbons (Fsp3) is 0.167. The Morgan fingerprint density at radius 3 is 2.62 bits per heavy atom. The zero-order chi connectivity index (χ0) is 17.4. The summed E-state index contributed by atoms with van der Waals surface area (Å²) in [5, 5.41) is 10.2. The third-order valence-corrected chi connectivity index (χ3v) is 3.84. The molecule has 0 bridgehead atoms. The lowest BCUT2D eigenvalue weighted by atomic mass is 10.0. The third kappa shape index (κ3) is 2.27. The van der Waals surface area contributed by atoms with Gasteiger partial charge in [-0.15, -0.1) is 0 Å². The van der Waals surface area contributed by atoms with Gasteiger partial charge >= 0.3 is 5.63 Å². The van der Waals surface area contributed by atoms with Gasteiger partial charge in [-0.1, -0.05) is 12.1 Å². The molecule has 3 aromatic rings. The Hall–Kier alpha value is -3.33. The molecule has 0 saturated carbocycles. The van der Waals surface area contributed by atoms with Crippen LogP contribution in [0.3, 0.4) is 0 Å². The van der Waals surface area contributed by atoms with Gasteiger partial charge in [-0.05, 0) is 24.4 Å². The van der Waals surface area contributed by atoms with Crippen LogP contribution in [0.1, 0.15) is 11.1 Å². The van der Waals surface area contributed by atoms with E-state index in [0.29, 0.717) is 10.9 Å². The summed E-state index contributed by atoms with van der Waals surface area (Å²) in [6.45, 7) is 0. The number of pyridine rings is 1. The molecule has 120 valence electrons. The van der Waals surface area contributed by atoms with E-state index in [1.165, 1.54) is 4.57 Å². The second kappa shape index (κ2) is 5.70. The first-order valence-electron chi connectivity index (χ1n) is 7.29. The topological polar surface area (TPSA) is 79.2 Å². The molecule has 0 spiro atoms. The van der Waals surface area contributed by atoms with E-state index in [0.717, 1.165) is 0 Å². The predicted molar refractivity (Wildman–Crippen MR) is 92.7 cm³/mol. The summed E-state index contributed by atoms with van der Waals surface area (Å²) >= 11 is 0. The van der Waals surface area contributed by atoms with Gasteiger partial charge in [0.25, 0.3) is 5.56 Å². The maximum absolute atomic E-state index is 12.8. The van der Waals surface area contributed by atoms with Crippen LogP contribution in [0.5, 0.6) is 0 Å². The Kier molecular flexibility index (Phi) is 3.70. The van der Waals surface area contributed by atoms with Crippen molar-refractivity contribution < 1.29 is 4.42 Å². The second-order valence-corrected chi connectivity index (χ2v) is 5.65. The van der Waals surface area contributed by atoms with E-state index in [-0.39, 0.29) is 27.7 Å². The number of hydrogen-bond donors (Lipinski definition) is 0. The fourth-order valence-electron chi connectivity index (χ4n) is 2.69. The smallest absolute Gasteiger partial charge is 0.354 e. The van der Waals surface area contributed by atoms with E-state index in [1.54, 1.807) is 42.4 Å². The van der Waals surface area contributed by atoms with Crippen molar-refractivity contribution in [2.45, 2.75) is 0 Å². The largest absolute Gasteiger partial charge is 0.421 e. The van der Waals surface area contributed by atoms with Crippen LogP contribution in [-0.4, -0.2) is 23.6 Å². The predicted octanol–water partition coefficient (Wildman–Crippen LogP) is 2.05. The standard InChI is InChI=1S/C18H15N3O3/c1-20(2)9-8-11-13(10-19)18(23)24-16-12-6-4-5-7-14(12)21(3)17(22)15(11)16/h4-9H,1-3H3/b9-8+. The first-order chi connectivity index (χ1) is 11.5. The molecule has 0 radical (unpaired) electrons. The lowest BCUT2D eigenvalue weighted by Crippen LogP contribution is -2.21. The van der Waals surface area contributed by atoms with Crippen molar-refractivity contribution in [2.75, 3.05) is 14.1 Å². The van der Waals surface area contributed by atoms with Gasteiger partial charge in [0.1, 0.15) is 11.6 Å². The summed E-state index contributed by atoms with van der Waals surface area (Å²) < 4.78 is 6.83. The minimum Gasteiger partial charge on any atom is -0.421 e. The Morgan fingerprint density at radius 2 is 1.96 bits per heavy atom. The summed E-state index contributed by atoms with van der Waals surface area (Å²) in [6, 6.07) is 9.03. The summed E-state index contributed by atoms with van der Waals surface area (Å²) in [6.07, 6.45) is 3.28. The molecule has 0 saturated heterocycles. The van der Waals surface area contributed by atoms with Crippen molar-refractivity contribution >= 4 is 27.9 Å². The fourth-order valence-corrected chi connectivity index (χ4v) is 2.69. The number of aromatic nitrogens is 1.